The summed E-state index contributed by atoms with van der Waals surface area (Å²) in [4.78, 5) is 4.44. The molecule has 0 bridgehead atoms. The smallest absolute Gasteiger partial charge is 0.236 e. The van der Waals surface area contributed by atoms with Gasteiger partial charge in [-0.3, -0.25) is 0 Å². The monoisotopic (exact) mass is 399 g/mol. The van der Waals surface area contributed by atoms with Crippen LogP contribution in [0.2, 0.25) is 5.15 Å². The van der Waals surface area contributed by atoms with Gasteiger partial charge in [0.05, 0.1) is 23.5 Å². The lowest BCUT2D eigenvalue weighted by Gasteiger charge is -2.22. The number of rotatable bonds is 3. The molecule has 0 N–H and O–H groups in total. The van der Waals surface area contributed by atoms with Crippen molar-refractivity contribution in [3.05, 3.63) is 76.4 Å². The van der Waals surface area contributed by atoms with Crippen LogP contribution in [0.5, 0.6) is 0 Å². The fraction of sp³-hybridized carbons (Fsp3) is 0.200. The van der Waals surface area contributed by atoms with E-state index in [4.69, 9.17) is 11.6 Å². The summed E-state index contributed by atoms with van der Waals surface area (Å²) in [6.07, 6.45) is 1.60. The van der Waals surface area contributed by atoms with Crippen molar-refractivity contribution in [3.8, 4) is 0 Å². The highest BCUT2D eigenvalue weighted by molar-refractivity contribution is 7.88. The fourth-order valence-corrected chi connectivity index (χ4v) is 4.46. The number of fused-ring (bicyclic) bond motifs is 1. The van der Waals surface area contributed by atoms with Crippen LogP contribution in [0.15, 0.2) is 59.7 Å². The highest BCUT2D eigenvalue weighted by Crippen LogP contribution is 2.38. The second-order valence-corrected chi connectivity index (χ2v) is 8.93. The molecule has 4 rings (SSSR count). The van der Waals surface area contributed by atoms with Crippen LogP contribution in [-0.2, 0) is 10.0 Å². The number of hydrogen-bond acceptors (Lipinski definition) is 4. The van der Waals surface area contributed by atoms with E-state index in [2.05, 4.69) is 10.1 Å². The molecule has 0 amide bonds. The van der Waals surface area contributed by atoms with Crippen molar-refractivity contribution in [2.24, 2.45) is 5.10 Å². The Bertz CT molecular complexity index is 1160. The van der Waals surface area contributed by atoms with Gasteiger partial charge in [0.2, 0.25) is 10.0 Å². The highest BCUT2D eigenvalue weighted by atomic mass is 35.5. The Balaban J connectivity index is 1.80. The van der Waals surface area contributed by atoms with E-state index in [1.165, 1.54) is 0 Å². The zero-order valence-electron chi connectivity index (χ0n) is 14.9. The van der Waals surface area contributed by atoms with Gasteiger partial charge in [0.1, 0.15) is 5.15 Å². The second kappa shape index (κ2) is 6.62. The van der Waals surface area contributed by atoms with Gasteiger partial charge in [-0.15, -0.1) is 0 Å². The van der Waals surface area contributed by atoms with Crippen molar-refractivity contribution in [3.63, 3.8) is 0 Å². The maximum atomic E-state index is 12.4. The maximum Gasteiger partial charge on any atom is 0.247 e. The van der Waals surface area contributed by atoms with E-state index in [0.29, 0.717) is 17.1 Å². The van der Waals surface area contributed by atoms with Crippen LogP contribution >= 0.6 is 11.6 Å². The van der Waals surface area contributed by atoms with Gasteiger partial charge >= 0.3 is 0 Å². The number of sulfonamides is 1. The molecular weight excluding hydrogens is 382 g/mol. The number of pyridine rings is 1. The van der Waals surface area contributed by atoms with Gasteiger partial charge < -0.3 is 0 Å². The minimum Gasteiger partial charge on any atom is -0.236 e. The molecule has 7 heteroatoms. The van der Waals surface area contributed by atoms with Crippen molar-refractivity contribution in [2.75, 3.05) is 6.26 Å². The average molecular weight is 400 g/mol. The predicted octanol–water partition coefficient (Wildman–Crippen LogP) is 4.31. The average Bonchev–Trinajstić information content (AvgIpc) is 3.07. The Morgan fingerprint density at radius 1 is 1.11 bits per heavy atom. The first kappa shape index (κ1) is 17.9. The van der Waals surface area contributed by atoms with Crippen molar-refractivity contribution in [2.45, 2.75) is 19.4 Å². The van der Waals surface area contributed by atoms with Crippen molar-refractivity contribution >= 4 is 38.2 Å². The molecule has 1 atom stereocenters. The lowest BCUT2D eigenvalue weighted by molar-refractivity contribution is 0.374. The van der Waals surface area contributed by atoms with Gasteiger partial charge in [0.25, 0.3) is 0 Å². The molecule has 0 saturated heterocycles. The van der Waals surface area contributed by atoms with Gasteiger partial charge in [-0.2, -0.15) is 9.52 Å². The molecule has 0 aliphatic carbocycles. The summed E-state index contributed by atoms with van der Waals surface area (Å²) in [6, 6.07) is 16.9. The minimum absolute atomic E-state index is 0.299. The van der Waals surface area contributed by atoms with Gasteiger partial charge in [0.15, 0.2) is 0 Å². The van der Waals surface area contributed by atoms with Crippen molar-refractivity contribution < 1.29 is 8.42 Å². The van der Waals surface area contributed by atoms with E-state index < -0.39 is 16.1 Å². The number of aryl methyl sites for hydroxylation is 1. The first-order valence-corrected chi connectivity index (χ1v) is 10.7. The Morgan fingerprint density at radius 2 is 1.81 bits per heavy atom. The lowest BCUT2D eigenvalue weighted by Crippen LogP contribution is -2.26. The highest BCUT2D eigenvalue weighted by Gasteiger charge is 2.36. The lowest BCUT2D eigenvalue weighted by atomic mass is 9.98. The Hall–Kier alpha value is -2.44. The van der Waals surface area contributed by atoms with Crippen molar-refractivity contribution in [1.82, 2.24) is 9.40 Å². The molecule has 0 radical (unpaired) electrons. The van der Waals surface area contributed by atoms with E-state index in [1.807, 2.05) is 61.5 Å². The number of benzene rings is 2. The Morgan fingerprint density at radius 3 is 2.52 bits per heavy atom. The molecule has 5 nitrogen and oxygen atoms in total. The van der Waals surface area contributed by atoms with Gasteiger partial charge in [-0.05, 0) is 24.6 Å². The number of hydrazone groups is 1. The number of nitrogens with zero attached hydrogens (tertiary/aromatic N) is 3. The zero-order chi connectivity index (χ0) is 19.2. The Labute approximate surface area is 163 Å². The third-order valence-corrected chi connectivity index (χ3v) is 5.98. The molecule has 3 aromatic rings. The minimum atomic E-state index is -3.56. The first-order valence-electron chi connectivity index (χ1n) is 8.52. The SMILES string of the molecule is Cc1ccc(C2=NN(S(C)(=O)=O)C(c3cc4ccccc4nc3Cl)C2)cc1. The van der Waals surface area contributed by atoms with E-state index in [-0.39, 0.29) is 0 Å². The summed E-state index contributed by atoms with van der Waals surface area (Å²) in [5.74, 6) is 0. The van der Waals surface area contributed by atoms with E-state index in [1.54, 1.807) is 0 Å². The van der Waals surface area contributed by atoms with E-state index >= 15 is 0 Å². The second-order valence-electron chi connectivity index (χ2n) is 6.73. The van der Waals surface area contributed by atoms with Crippen LogP contribution < -0.4 is 0 Å². The molecule has 2 heterocycles. The number of aromatic nitrogens is 1. The van der Waals surface area contributed by atoms with Crippen LogP contribution in [0.1, 0.15) is 29.2 Å². The molecule has 1 aliphatic rings. The normalized spacial score (nSPS) is 17.4. The topological polar surface area (TPSA) is 62.6 Å². The van der Waals surface area contributed by atoms with Crippen LogP contribution in [0.4, 0.5) is 0 Å². The molecule has 2 aromatic carbocycles. The van der Waals surface area contributed by atoms with E-state index in [0.717, 1.165) is 38.4 Å². The largest absolute Gasteiger partial charge is 0.247 e. The molecule has 0 saturated carbocycles. The standard InChI is InChI=1S/C20H18ClN3O2S/c1-13-7-9-14(10-8-13)18-12-19(24(23-18)27(2,25)26)16-11-15-5-3-4-6-17(15)22-20(16)21/h3-11,19H,12H2,1-2H3. The van der Waals surface area contributed by atoms with Crippen LogP contribution in [0.25, 0.3) is 10.9 Å². The molecule has 1 unspecified atom stereocenters. The van der Waals surface area contributed by atoms with E-state index in [9.17, 15) is 8.42 Å². The number of hydrogen-bond donors (Lipinski definition) is 0. The van der Waals surface area contributed by atoms with Crippen molar-refractivity contribution in [1.29, 1.82) is 0 Å². The summed E-state index contributed by atoms with van der Waals surface area (Å²) >= 11 is 6.43. The molecule has 1 aliphatic heterocycles. The summed E-state index contributed by atoms with van der Waals surface area (Å²) < 4.78 is 25.9. The number of halogens is 1. The molecular formula is C20H18ClN3O2S. The van der Waals surface area contributed by atoms with Crippen LogP contribution in [0, 0.1) is 6.92 Å². The summed E-state index contributed by atoms with van der Waals surface area (Å²) in [7, 11) is -3.56. The first-order chi connectivity index (χ1) is 12.8. The third kappa shape index (κ3) is 3.42. The summed E-state index contributed by atoms with van der Waals surface area (Å²) in [5.41, 5.74) is 4.19. The Kier molecular flexibility index (Phi) is 4.40. The van der Waals surface area contributed by atoms with Crippen LogP contribution in [-0.4, -0.2) is 29.8 Å². The number of para-hydroxylation sites is 1. The predicted molar refractivity (Wildman–Crippen MR) is 109 cm³/mol. The third-order valence-electron chi connectivity index (χ3n) is 4.66. The summed E-state index contributed by atoms with van der Waals surface area (Å²) in [5, 5.41) is 5.62. The molecule has 138 valence electrons. The van der Waals surface area contributed by atoms with Crippen LogP contribution in [0.3, 0.4) is 0 Å². The van der Waals surface area contributed by atoms with Gasteiger partial charge in [-0.1, -0.05) is 59.6 Å². The summed E-state index contributed by atoms with van der Waals surface area (Å²) in [6.45, 7) is 2.01. The van der Waals surface area contributed by atoms with Gasteiger partial charge in [0, 0.05) is 17.4 Å². The molecule has 1 aromatic heterocycles. The zero-order valence-corrected chi connectivity index (χ0v) is 16.5. The molecule has 0 spiro atoms. The fourth-order valence-electron chi connectivity index (χ4n) is 3.29. The van der Waals surface area contributed by atoms with Gasteiger partial charge in [-0.25, -0.2) is 13.4 Å². The quantitative estimate of drug-likeness (QED) is 0.616. The maximum absolute atomic E-state index is 12.4. The molecule has 0 fully saturated rings. The molecule has 27 heavy (non-hydrogen) atoms.